The summed E-state index contributed by atoms with van der Waals surface area (Å²) in [5, 5.41) is 30.0. The van der Waals surface area contributed by atoms with E-state index < -0.39 is 29.9 Å². The van der Waals surface area contributed by atoms with Crippen LogP contribution in [0.25, 0.3) is 10.8 Å². The minimum absolute atomic E-state index is 0.00376. The van der Waals surface area contributed by atoms with E-state index in [0.29, 0.717) is 49.8 Å². The number of benzene rings is 4. The van der Waals surface area contributed by atoms with E-state index in [1.807, 2.05) is 73.7 Å². The largest absolute Gasteiger partial charge is 0.459 e. The number of allylic oxidation sites excluding steroid dienone is 1. The molecule has 4 aromatic rings. The molecule has 3 N–H and O–H groups in total. The van der Waals surface area contributed by atoms with Gasteiger partial charge in [-0.2, -0.15) is 0 Å². The van der Waals surface area contributed by atoms with Gasteiger partial charge in [-0.25, -0.2) is 9.59 Å². The molecule has 0 unspecified atom stereocenters. The van der Waals surface area contributed by atoms with Crippen LogP contribution in [0, 0.1) is 17.8 Å². The van der Waals surface area contributed by atoms with E-state index in [1.165, 1.54) is 44.9 Å². The van der Waals surface area contributed by atoms with E-state index in [2.05, 4.69) is 43.1 Å². The van der Waals surface area contributed by atoms with Crippen LogP contribution in [-0.2, 0) is 32.2 Å². The Hall–Kier alpha value is -5.73. The fourth-order valence-electron chi connectivity index (χ4n) is 11.8. The normalized spacial score (nSPS) is 21.0. The molecule has 1 fully saturated rings. The van der Waals surface area contributed by atoms with Gasteiger partial charge in [-0.15, -0.1) is 6.58 Å². The monoisotopic (exact) mass is 1040 g/mol. The number of carbonyl (C=O) groups excluding carboxylic acids is 2. The SMILES string of the molecule is C=CCO[C@@]12Oc3ccc(OC(=O)NCCCCCCCCCCCC)cc3[C@H]3[C@H](CCCCO)[C@@H](CCCCO)C=C(C(=NOCC)C[C@@H]1N(Cc1cccc4ccccc14)C(=O)OCCOCc1ccccc1)[C@H]32. The van der Waals surface area contributed by atoms with E-state index in [1.54, 1.807) is 17.0 Å². The number of oxime groups is 1. The topological polar surface area (TPSA) is 158 Å². The maximum atomic E-state index is 15.2. The van der Waals surface area contributed by atoms with Crippen molar-refractivity contribution in [1.82, 2.24) is 10.2 Å². The number of ether oxygens (including phenoxy) is 5. The molecule has 2 aliphatic carbocycles. The number of unbranched alkanes of at least 4 members (excludes halogenated alkanes) is 11. The van der Waals surface area contributed by atoms with Gasteiger partial charge in [-0.3, -0.25) is 4.90 Å². The first-order valence-corrected chi connectivity index (χ1v) is 28.5. The van der Waals surface area contributed by atoms with E-state index in [-0.39, 0.29) is 63.8 Å². The minimum atomic E-state index is -1.53. The zero-order valence-corrected chi connectivity index (χ0v) is 45.3. The first kappa shape index (κ1) is 58.0. The van der Waals surface area contributed by atoms with Crippen LogP contribution in [0.2, 0.25) is 0 Å². The molecule has 0 aromatic heterocycles. The molecule has 0 saturated heterocycles. The summed E-state index contributed by atoms with van der Waals surface area (Å²) < 4.78 is 33.0. The third-order valence-electron chi connectivity index (χ3n) is 15.4. The number of nitrogens with zero attached hydrogens (tertiary/aromatic N) is 2. The maximum Gasteiger partial charge on any atom is 0.412 e. The zero-order chi connectivity index (χ0) is 53.4. The Morgan fingerprint density at radius 2 is 1.55 bits per heavy atom. The van der Waals surface area contributed by atoms with Gasteiger partial charge in [0.05, 0.1) is 38.0 Å². The van der Waals surface area contributed by atoms with Crippen molar-refractivity contribution in [2.45, 2.75) is 154 Å². The number of hydrogen-bond donors (Lipinski definition) is 3. The number of amides is 2. The lowest BCUT2D eigenvalue weighted by molar-refractivity contribution is -0.256. The van der Waals surface area contributed by atoms with Gasteiger partial charge < -0.3 is 44.1 Å². The minimum Gasteiger partial charge on any atom is -0.459 e. The van der Waals surface area contributed by atoms with Crippen molar-refractivity contribution < 1.29 is 48.3 Å². The number of carbonyl (C=O) groups is 2. The Kier molecular flexibility index (Phi) is 23.5. The number of aliphatic hydroxyl groups excluding tert-OH is 2. The highest BCUT2D eigenvalue weighted by atomic mass is 16.7. The summed E-state index contributed by atoms with van der Waals surface area (Å²) in [6.45, 7) is 10.0. The third kappa shape index (κ3) is 15.5. The first-order chi connectivity index (χ1) is 37.3. The van der Waals surface area contributed by atoms with Crippen LogP contribution >= 0.6 is 0 Å². The van der Waals surface area contributed by atoms with Crippen LogP contribution < -0.4 is 14.8 Å². The summed E-state index contributed by atoms with van der Waals surface area (Å²) in [4.78, 5) is 36.4. The summed E-state index contributed by atoms with van der Waals surface area (Å²) in [5.74, 6) is -1.49. The van der Waals surface area contributed by atoms with Gasteiger partial charge in [0.2, 0.25) is 5.79 Å². The highest BCUT2D eigenvalue weighted by Crippen LogP contribution is 2.62. The molecular weight excluding hydrogens is 959 g/mol. The Balaban J connectivity index is 1.27. The van der Waals surface area contributed by atoms with E-state index >= 15 is 4.79 Å². The summed E-state index contributed by atoms with van der Waals surface area (Å²) in [5.41, 5.74) is 4.36. The maximum absolute atomic E-state index is 15.2. The molecule has 3 aliphatic rings. The second kappa shape index (κ2) is 30.9. The molecule has 6 atom stereocenters. The highest BCUT2D eigenvalue weighted by Gasteiger charge is 2.66. The van der Waals surface area contributed by atoms with E-state index in [4.69, 9.17) is 33.7 Å². The molecule has 412 valence electrons. The van der Waals surface area contributed by atoms with Crippen molar-refractivity contribution >= 4 is 28.7 Å². The van der Waals surface area contributed by atoms with Gasteiger partial charge in [-0.1, -0.05) is 168 Å². The summed E-state index contributed by atoms with van der Waals surface area (Å²) in [6.07, 6.45) is 19.6. The molecule has 76 heavy (non-hydrogen) atoms. The number of hydrogen-bond acceptors (Lipinski definition) is 11. The van der Waals surface area contributed by atoms with Crippen molar-refractivity contribution in [3.63, 3.8) is 0 Å². The third-order valence-corrected chi connectivity index (χ3v) is 15.4. The molecule has 4 aromatic carbocycles. The lowest BCUT2D eigenvalue weighted by Gasteiger charge is -2.59. The molecule has 0 bridgehead atoms. The van der Waals surface area contributed by atoms with Crippen LogP contribution in [0.3, 0.4) is 0 Å². The van der Waals surface area contributed by atoms with Gasteiger partial charge in [0.25, 0.3) is 0 Å². The fourth-order valence-corrected chi connectivity index (χ4v) is 11.8. The molecule has 7 rings (SSSR count). The van der Waals surface area contributed by atoms with Crippen molar-refractivity contribution in [3.8, 4) is 11.5 Å². The number of fused-ring (bicyclic) bond motifs is 3. The van der Waals surface area contributed by atoms with Gasteiger partial charge in [0.1, 0.15) is 30.8 Å². The second-order valence-corrected chi connectivity index (χ2v) is 20.6. The fraction of sp³-hybridized carbons (Fsp3) is 0.540. The summed E-state index contributed by atoms with van der Waals surface area (Å²) >= 11 is 0. The molecule has 0 spiro atoms. The van der Waals surface area contributed by atoms with Crippen LogP contribution in [0.5, 0.6) is 11.5 Å². The van der Waals surface area contributed by atoms with Crippen molar-refractivity contribution in [1.29, 1.82) is 0 Å². The Morgan fingerprint density at radius 1 is 0.829 bits per heavy atom. The van der Waals surface area contributed by atoms with Crippen molar-refractivity contribution in [3.05, 3.63) is 132 Å². The average Bonchev–Trinajstić information content (AvgIpc) is 3.64. The standard InChI is InChI=1S/C63H85N3O10/c1-4-7-8-9-10-11-12-13-14-22-36-64-61(69)75-51-34-35-57-55(43-51)59-53(33-21-24-38-68)49(29-20-23-37-67)42-54-56(65-74-6-3)44-58(63(76-57,60(54)59)73-39-5-2)66(45-50-31-25-30-48-28-18-19-32-52(48)50)62(70)72-41-40-71-46-47-26-16-15-17-27-47/h5,15-19,25-28,30-32,34-35,42-43,49,53,58-60,67-68H,2,4,6-14,20-24,29,33,36-41,44-46H2,1,3H3,(H,64,69)/t49-,53+,58-,59+,60+,63+/m0/s1. The predicted molar refractivity (Wildman–Crippen MR) is 299 cm³/mol. The van der Waals surface area contributed by atoms with Crippen LogP contribution in [0.1, 0.15) is 146 Å². The highest BCUT2D eigenvalue weighted by molar-refractivity contribution is 6.03. The molecule has 1 saturated carbocycles. The Bertz CT molecular complexity index is 2480. The second-order valence-electron chi connectivity index (χ2n) is 20.6. The van der Waals surface area contributed by atoms with E-state index in [0.717, 1.165) is 78.0 Å². The molecule has 1 heterocycles. The number of aliphatic hydroxyl groups is 2. The van der Waals surface area contributed by atoms with Crippen LogP contribution in [0.15, 0.2) is 120 Å². The molecule has 1 aliphatic heterocycles. The zero-order valence-electron chi connectivity index (χ0n) is 45.3. The van der Waals surface area contributed by atoms with Crippen molar-refractivity contribution in [2.24, 2.45) is 22.9 Å². The van der Waals surface area contributed by atoms with Gasteiger partial charge in [0.15, 0.2) is 0 Å². The molecule has 2 amide bonds. The summed E-state index contributed by atoms with van der Waals surface area (Å²) in [7, 11) is 0. The average molecular weight is 1040 g/mol. The lowest BCUT2D eigenvalue weighted by Crippen LogP contribution is -2.70. The van der Waals surface area contributed by atoms with Gasteiger partial charge >= 0.3 is 12.2 Å². The Labute approximate surface area is 452 Å². The van der Waals surface area contributed by atoms with E-state index in [9.17, 15) is 15.0 Å². The smallest absolute Gasteiger partial charge is 0.412 e. The molecule has 0 radical (unpaired) electrons. The molecular formula is C63H85N3O10. The molecule has 13 heteroatoms. The van der Waals surface area contributed by atoms with Crippen LogP contribution in [0.4, 0.5) is 9.59 Å². The molecule has 13 nitrogen and oxygen atoms in total. The van der Waals surface area contributed by atoms with Crippen molar-refractivity contribution in [2.75, 3.05) is 46.2 Å². The first-order valence-electron chi connectivity index (χ1n) is 28.5. The van der Waals surface area contributed by atoms with Crippen LogP contribution in [-0.4, -0.2) is 91.0 Å². The number of rotatable bonds is 33. The summed E-state index contributed by atoms with van der Waals surface area (Å²) in [6, 6.07) is 28.8. The Morgan fingerprint density at radius 3 is 2.30 bits per heavy atom. The number of nitrogens with one attached hydrogen (secondary N) is 1. The quantitative estimate of drug-likeness (QED) is 0.0238. The van der Waals surface area contributed by atoms with Gasteiger partial charge in [0, 0.05) is 37.7 Å². The predicted octanol–water partition coefficient (Wildman–Crippen LogP) is 13.4. The lowest BCUT2D eigenvalue weighted by atomic mass is 9.55. The van der Waals surface area contributed by atoms with Gasteiger partial charge in [-0.05, 0) is 96.5 Å².